The number of aromatic nitrogens is 2. The van der Waals surface area contributed by atoms with Crippen LogP contribution in [0.1, 0.15) is 18.0 Å². The van der Waals surface area contributed by atoms with Gasteiger partial charge in [0.2, 0.25) is 5.95 Å². The fraction of sp³-hybridized carbons (Fsp3) is 0.286. The first kappa shape index (κ1) is 12.9. The summed E-state index contributed by atoms with van der Waals surface area (Å²) in [5.41, 5.74) is 0.871. The molecule has 104 valence electrons. The first-order chi connectivity index (χ1) is 9.63. The van der Waals surface area contributed by atoms with Gasteiger partial charge in [-0.25, -0.2) is 18.7 Å². The standard InChI is InChI=1S/C14H13F2N3O/c15-10-3-1-9(2-4-10)13-5-12(20)8-19(13)14-17-6-11(16)7-18-14/h1-4,6-7,12-13,20H,5,8H2/t12-,13-/m1/s1. The molecule has 1 aliphatic rings. The minimum atomic E-state index is -0.515. The predicted octanol–water partition coefficient (Wildman–Crippen LogP) is 2.07. The number of nitrogens with zero attached hydrogens (tertiary/aromatic N) is 3. The van der Waals surface area contributed by atoms with Crippen molar-refractivity contribution in [2.45, 2.75) is 18.6 Å². The molecule has 1 N–H and O–H groups in total. The average Bonchev–Trinajstić information content (AvgIpc) is 2.82. The lowest BCUT2D eigenvalue weighted by Crippen LogP contribution is -2.26. The second-order valence-corrected chi connectivity index (χ2v) is 4.81. The van der Waals surface area contributed by atoms with E-state index in [0.717, 1.165) is 18.0 Å². The largest absolute Gasteiger partial charge is 0.391 e. The first-order valence-electron chi connectivity index (χ1n) is 6.31. The van der Waals surface area contributed by atoms with Crippen molar-refractivity contribution in [1.82, 2.24) is 9.97 Å². The topological polar surface area (TPSA) is 49.2 Å². The lowest BCUT2D eigenvalue weighted by molar-refractivity contribution is 0.194. The van der Waals surface area contributed by atoms with Gasteiger partial charge in [0.05, 0.1) is 24.5 Å². The van der Waals surface area contributed by atoms with Crippen LogP contribution in [-0.2, 0) is 0 Å². The highest BCUT2D eigenvalue weighted by atomic mass is 19.1. The van der Waals surface area contributed by atoms with Crippen molar-refractivity contribution < 1.29 is 13.9 Å². The molecular formula is C14H13F2N3O. The maximum absolute atomic E-state index is 13.0. The number of aliphatic hydroxyl groups excluding tert-OH is 1. The van der Waals surface area contributed by atoms with Crippen LogP contribution in [0.25, 0.3) is 0 Å². The third kappa shape index (κ3) is 2.46. The van der Waals surface area contributed by atoms with Crippen molar-refractivity contribution >= 4 is 5.95 Å². The highest BCUT2D eigenvalue weighted by Crippen LogP contribution is 2.34. The van der Waals surface area contributed by atoms with Gasteiger partial charge in [-0.1, -0.05) is 12.1 Å². The quantitative estimate of drug-likeness (QED) is 0.913. The fourth-order valence-corrected chi connectivity index (χ4v) is 2.49. The zero-order chi connectivity index (χ0) is 14.1. The summed E-state index contributed by atoms with van der Waals surface area (Å²) in [5.74, 6) is -0.457. The Balaban J connectivity index is 1.92. The molecule has 0 unspecified atom stereocenters. The van der Waals surface area contributed by atoms with Crippen LogP contribution in [0.4, 0.5) is 14.7 Å². The SMILES string of the molecule is O[C@@H]1C[C@H](c2ccc(F)cc2)N(c2ncc(F)cn2)C1. The molecule has 6 heteroatoms. The number of benzene rings is 1. The molecule has 2 aromatic rings. The van der Waals surface area contributed by atoms with Crippen molar-refractivity contribution in [2.75, 3.05) is 11.4 Å². The molecule has 0 spiro atoms. The van der Waals surface area contributed by atoms with Crippen LogP contribution >= 0.6 is 0 Å². The van der Waals surface area contributed by atoms with E-state index in [-0.39, 0.29) is 11.9 Å². The number of β-amino-alcohol motifs (C(OH)–C–C–N with tert-alkyl or cyclic N) is 1. The van der Waals surface area contributed by atoms with Gasteiger partial charge in [-0.3, -0.25) is 0 Å². The molecule has 0 amide bonds. The molecular weight excluding hydrogens is 264 g/mol. The number of anilines is 1. The van der Waals surface area contributed by atoms with Gasteiger partial charge in [-0.2, -0.15) is 0 Å². The molecule has 1 aliphatic heterocycles. The van der Waals surface area contributed by atoms with E-state index in [9.17, 15) is 13.9 Å². The van der Waals surface area contributed by atoms with Gasteiger partial charge in [0.1, 0.15) is 5.82 Å². The number of hydrogen-bond acceptors (Lipinski definition) is 4. The number of rotatable bonds is 2. The molecule has 0 aliphatic carbocycles. The van der Waals surface area contributed by atoms with Gasteiger partial charge in [0.25, 0.3) is 0 Å². The molecule has 3 rings (SSSR count). The van der Waals surface area contributed by atoms with Crippen LogP contribution in [0.15, 0.2) is 36.7 Å². The van der Waals surface area contributed by atoms with Gasteiger partial charge in [0.15, 0.2) is 5.82 Å². The summed E-state index contributed by atoms with van der Waals surface area (Å²) in [6.45, 7) is 0.369. The Morgan fingerprint density at radius 1 is 1.05 bits per heavy atom. The lowest BCUT2D eigenvalue weighted by Gasteiger charge is -2.24. The Morgan fingerprint density at radius 2 is 1.70 bits per heavy atom. The third-order valence-corrected chi connectivity index (χ3v) is 3.40. The highest BCUT2D eigenvalue weighted by Gasteiger charge is 2.33. The molecule has 2 atom stereocenters. The molecule has 1 saturated heterocycles. The predicted molar refractivity (Wildman–Crippen MR) is 69.1 cm³/mol. The Bertz CT molecular complexity index is 535. The summed E-state index contributed by atoms with van der Waals surface area (Å²) >= 11 is 0. The molecule has 0 bridgehead atoms. The minimum Gasteiger partial charge on any atom is -0.391 e. The van der Waals surface area contributed by atoms with E-state index in [1.807, 2.05) is 0 Å². The second-order valence-electron chi connectivity index (χ2n) is 4.81. The molecule has 1 aromatic heterocycles. The zero-order valence-corrected chi connectivity index (χ0v) is 10.6. The number of aliphatic hydroxyl groups is 1. The van der Waals surface area contributed by atoms with E-state index in [0.29, 0.717) is 18.9 Å². The Morgan fingerprint density at radius 3 is 2.35 bits per heavy atom. The summed E-state index contributed by atoms with van der Waals surface area (Å²) in [6, 6.07) is 5.97. The number of halogens is 2. The van der Waals surface area contributed by atoms with Gasteiger partial charge < -0.3 is 10.0 Å². The summed E-state index contributed by atoms with van der Waals surface area (Å²) < 4.78 is 25.9. The van der Waals surface area contributed by atoms with Crippen molar-refractivity contribution in [3.63, 3.8) is 0 Å². The normalized spacial score (nSPS) is 22.2. The van der Waals surface area contributed by atoms with Crippen LogP contribution in [0.2, 0.25) is 0 Å². The molecule has 1 aromatic carbocycles. The summed E-state index contributed by atoms with van der Waals surface area (Å²) in [7, 11) is 0. The van der Waals surface area contributed by atoms with E-state index in [2.05, 4.69) is 9.97 Å². The first-order valence-corrected chi connectivity index (χ1v) is 6.31. The van der Waals surface area contributed by atoms with Gasteiger partial charge in [-0.05, 0) is 24.1 Å². The monoisotopic (exact) mass is 277 g/mol. The smallest absolute Gasteiger partial charge is 0.226 e. The Hall–Kier alpha value is -2.08. The Labute approximate surface area is 114 Å². The molecule has 2 heterocycles. The zero-order valence-electron chi connectivity index (χ0n) is 10.6. The summed E-state index contributed by atoms with van der Waals surface area (Å²) in [4.78, 5) is 9.69. The van der Waals surface area contributed by atoms with Crippen LogP contribution in [-0.4, -0.2) is 27.7 Å². The molecule has 0 radical (unpaired) electrons. The Kier molecular flexibility index (Phi) is 3.31. The molecule has 4 nitrogen and oxygen atoms in total. The van der Waals surface area contributed by atoms with Gasteiger partial charge in [0, 0.05) is 6.54 Å². The van der Waals surface area contributed by atoms with Crippen molar-refractivity contribution in [1.29, 1.82) is 0 Å². The van der Waals surface area contributed by atoms with Crippen LogP contribution in [0.3, 0.4) is 0 Å². The van der Waals surface area contributed by atoms with Crippen LogP contribution in [0.5, 0.6) is 0 Å². The second kappa shape index (κ2) is 5.13. The van der Waals surface area contributed by atoms with Gasteiger partial charge >= 0.3 is 0 Å². The van der Waals surface area contributed by atoms with E-state index in [1.54, 1.807) is 17.0 Å². The highest BCUT2D eigenvalue weighted by molar-refractivity contribution is 5.39. The molecule has 0 saturated carbocycles. The maximum Gasteiger partial charge on any atom is 0.226 e. The summed E-state index contributed by atoms with van der Waals surface area (Å²) in [6.07, 6.45) is 2.18. The van der Waals surface area contributed by atoms with Crippen molar-refractivity contribution in [3.8, 4) is 0 Å². The molecule has 1 fully saturated rings. The summed E-state index contributed by atoms with van der Waals surface area (Å²) in [5, 5.41) is 9.86. The lowest BCUT2D eigenvalue weighted by atomic mass is 10.0. The molecule has 20 heavy (non-hydrogen) atoms. The van der Waals surface area contributed by atoms with E-state index in [4.69, 9.17) is 0 Å². The number of hydrogen-bond donors (Lipinski definition) is 1. The minimum absolute atomic E-state index is 0.143. The third-order valence-electron chi connectivity index (χ3n) is 3.40. The van der Waals surface area contributed by atoms with Gasteiger partial charge in [-0.15, -0.1) is 0 Å². The van der Waals surface area contributed by atoms with Crippen LogP contribution in [0, 0.1) is 11.6 Å². The maximum atomic E-state index is 13.0. The van der Waals surface area contributed by atoms with E-state index < -0.39 is 11.9 Å². The van der Waals surface area contributed by atoms with Crippen molar-refractivity contribution in [2.24, 2.45) is 0 Å². The average molecular weight is 277 g/mol. The van der Waals surface area contributed by atoms with Crippen molar-refractivity contribution in [3.05, 3.63) is 53.9 Å². The van der Waals surface area contributed by atoms with Crippen LogP contribution < -0.4 is 4.90 Å². The van der Waals surface area contributed by atoms with E-state index >= 15 is 0 Å². The van der Waals surface area contributed by atoms with E-state index in [1.165, 1.54) is 12.1 Å². The fourth-order valence-electron chi connectivity index (χ4n) is 2.49.